The molecule has 2 aliphatic rings. The van der Waals surface area contributed by atoms with Gasteiger partial charge in [0, 0.05) is 57.0 Å². The summed E-state index contributed by atoms with van der Waals surface area (Å²) >= 11 is 0. The number of amides is 3. The first-order chi connectivity index (χ1) is 15.0. The summed E-state index contributed by atoms with van der Waals surface area (Å²) in [5, 5.41) is 0. The van der Waals surface area contributed by atoms with Gasteiger partial charge in [0.1, 0.15) is 24.2 Å². The number of benzene rings is 1. The molecule has 0 N–H and O–H groups in total. The van der Waals surface area contributed by atoms with Gasteiger partial charge in [-0.15, -0.1) is 0 Å². The number of anilines is 1. The predicted molar refractivity (Wildman–Crippen MR) is 114 cm³/mol. The number of methoxy groups -OCH3 is 1. The van der Waals surface area contributed by atoms with E-state index in [1.165, 1.54) is 0 Å². The lowest BCUT2D eigenvalue weighted by atomic mass is 10.1. The van der Waals surface area contributed by atoms with Crippen LogP contribution in [0, 0.1) is 6.92 Å². The van der Waals surface area contributed by atoms with Crippen molar-refractivity contribution in [3.05, 3.63) is 42.4 Å². The summed E-state index contributed by atoms with van der Waals surface area (Å²) in [4.78, 5) is 39.0. The number of hydrogen-bond acceptors (Lipinski definition) is 6. The van der Waals surface area contributed by atoms with E-state index in [9.17, 15) is 9.59 Å². The van der Waals surface area contributed by atoms with Crippen molar-refractivity contribution in [2.45, 2.75) is 25.9 Å². The van der Waals surface area contributed by atoms with Gasteiger partial charge in [0.15, 0.2) is 0 Å². The molecule has 0 atom stereocenters. The van der Waals surface area contributed by atoms with E-state index in [1.807, 2.05) is 36.1 Å². The molecule has 0 bridgehead atoms. The predicted octanol–water partition coefficient (Wildman–Crippen LogP) is 2.11. The van der Waals surface area contributed by atoms with Gasteiger partial charge in [-0.1, -0.05) is 0 Å². The molecule has 31 heavy (non-hydrogen) atoms. The van der Waals surface area contributed by atoms with Crippen LogP contribution in [-0.4, -0.2) is 77.6 Å². The molecule has 1 aromatic heterocycles. The number of carbonyl (C=O) groups excluding carboxylic acids is 2. The molecule has 2 aromatic rings. The zero-order chi connectivity index (χ0) is 21.8. The summed E-state index contributed by atoms with van der Waals surface area (Å²) in [5.74, 6) is 1.95. The first-order valence-electron chi connectivity index (χ1n) is 10.5. The van der Waals surface area contributed by atoms with Crippen molar-refractivity contribution >= 4 is 17.6 Å². The summed E-state index contributed by atoms with van der Waals surface area (Å²) in [6, 6.07) is 8.96. The van der Waals surface area contributed by atoms with E-state index in [2.05, 4.69) is 9.97 Å². The monoisotopic (exact) mass is 425 g/mol. The Morgan fingerprint density at radius 2 is 1.84 bits per heavy atom. The van der Waals surface area contributed by atoms with E-state index in [0.29, 0.717) is 37.9 Å². The Hall–Kier alpha value is -3.36. The molecule has 0 radical (unpaired) electrons. The summed E-state index contributed by atoms with van der Waals surface area (Å²) in [6.07, 6.45) is 3.18. The fraction of sp³-hybridized carbons (Fsp3) is 0.455. The first kappa shape index (κ1) is 20.9. The molecule has 9 nitrogen and oxygen atoms in total. The van der Waals surface area contributed by atoms with E-state index in [4.69, 9.17) is 9.47 Å². The number of carbonyl (C=O) groups is 2. The normalized spacial score (nSPS) is 17.2. The second-order valence-corrected chi connectivity index (χ2v) is 7.69. The molecule has 1 aromatic carbocycles. The smallest absolute Gasteiger partial charge is 0.325 e. The van der Waals surface area contributed by atoms with Gasteiger partial charge in [-0.25, -0.2) is 9.78 Å². The highest BCUT2D eigenvalue weighted by Crippen LogP contribution is 2.23. The highest BCUT2D eigenvalue weighted by atomic mass is 16.5. The van der Waals surface area contributed by atoms with Crippen LogP contribution in [0.25, 0.3) is 0 Å². The second kappa shape index (κ2) is 9.20. The molecule has 3 heterocycles. The number of ether oxygens (including phenoxy) is 2. The van der Waals surface area contributed by atoms with E-state index >= 15 is 0 Å². The fourth-order valence-electron chi connectivity index (χ4n) is 3.89. The van der Waals surface area contributed by atoms with Crippen molar-refractivity contribution in [1.29, 1.82) is 0 Å². The van der Waals surface area contributed by atoms with Crippen LogP contribution in [0.1, 0.15) is 18.7 Å². The minimum Gasteiger partial charge on any atom is -0.497 e. The molecule has 164 valence electrons. The van der Waals surface area contributed by atoms with Crippen LogP contribution >= 0.6 is 0 Å². The topological polar surface area (TPSA) is 88.1 Å². The fourth-order valence-corrected chi connectivity index (χ4v) is 3.89. The quantitative estimate of drug-likeness (QED) is 0.704. The lowest BCUT2D eigenvalue weighted by Crippen LogP contribution is -2.47. The molecule has 2 aliphatic heterocycles. The number of aromatic nitrogens is 2. The lowest BCUT2D eigenvalue weighted by Gasteiger charge is -2.32. The molecule has 0 spiro atoms. The summed E-state index contributed by atoms with van der Waals surface area (Å²) in [6.45, 7) is 4.23. The maximum atomic E-state index is 12.8. The third kappa shape index (κ3) is 4.87. The molecule has 2 saturated heterocycles. The van der Waals surface area contributed by atoms with Crippen molar-refractivity contribution in [3.8, 4) is 11.6 Å². The number of rotatable bonds is 6. The summed E-state index contributed by atoms with van der Waals surface area (Å²) in [7, 11) is 1.61. The SMILES string of the molecule is COc1ccc(N2CCN(CC(=O)N3CCC(Oc4ccnc(C)n4)CC3)C2=O)cc1. The molecule has 9 heteroatoms. The highest BCUT2D eigenvalue weighted by molar-refractivity contribution is 5.96. The van der Waals surface area contributed by atoms with Crippen LogP contribution in [0.2, 0.25) is 0 Å². The van der Waals surface area contributed by atoms with Crippen molar-refractivity contribution in [2.24, 2.45) is 0 Å². The van der Waals surface area contributed by atoms with Crippen LogP contribution in [0.3, 0.4) is 0 Å². The zero-order valence-electron chi connectivity index (χ0n) is 17.9. The van der Waals surface area contributed by atoms with Crippen molar-refractivity contribution in [1.82, 2.24) is 19.8 Å². The molecule has 0 saturated carbocycles. The molecular formula is C22H27N5O4. The Balaban J connectivity index is 1.26. The average Bonchev–Trinajstić information content (AvgIpc) is 3.14. The van der Waals surface area contributed by atoms with E-state index in [0.717, 1.165) is 24.3 Å². The van der Waals surface area contributed by atoms with Gasteiger partial charge < -0.3 is 19.3 Å². The molecule has 2 fully saturated rings. The highest BCUT2D eigenvalue weighted by Gasteiger charge is 2.33. The third-order valence-corrected chi connectivity index (χ3v) is 5.64. The van der Waals surface area contributed by atoms with Gasteiger partial charge in [-0.2, -0.15) is 4.98 Å². The van der Waals surface area contributed by atoms with Crippen LogP contribution in [0.4, 0.5) is 10.5 Å². The van der Waals surface area contributed by atoms with E-state index in [-0.39, 0.29) is 24.6 Å². The van der Waals surface area contributed by atoms with Crippen molar-refractivity contribution in [3.63, 3.8) is 0 Å². The van der Waals surface area contributed by atoms with Crippen molar-refractivity contribution in [2.75, 3.05) is 44.7 Å². The van der Waals surface area contributed by atoms with Gasteiger partial charge in [0.05, 0.1) is 7.11 Å². The average molecular weight is 425 g/mol. The van der Waals surface area contributed by atoms with Crippen molar-refractivity contribution < 1.29 is 19.1 Å². The van der Waals surface area contributed by atoms with Gasteiger partial charge in [-0.05, 0) is 31.2 Å². The lowest BCUT2D eigenvalue weighted by molar-refractivity contribution is -0.133. The Bertz CT molecular complexity index is 928. The van der Waals surface area contributed by atoms with Gasteiger partial charge in [0.2, 0.25) is 11.8 Å². The number of nitrogens with zero attached hydrogens (tertiary/aromatic N) is 5. The zero-order valence-corrected chi connectivity index (χ0v) is 17.9. The third-order valence-electron chi connectivity index (χ3n) is 5.64. The van der Waals surface area contributed by atoms with Gasteiger partial charge in [0.25, 0.3) is 0 Å². The minimum atomic E-state index is -0.143. The molecule has 0 unspecified atom stereocenters. The van der Waals surface area contributed by atoms with Crippen LogP contribution in [-0.2, 0) is 4.79 Å². The summed E-state index contributed by atoms with van der Waals surface area (Å²) < 4.78 is 11.1. The molecule has 4 rings (SSSR count). The number of piperidine rings is 1. The summed E-state index contributed by atoms with van der Waals surface area (Å²) in [5.41, 5.74) is 0.804. The maximum Gasteiger partial charge on any atom is 0.325 e. The van der Waals surface area contributed by atoms with Crippen LogP contribution in [0.15, 0.2) is 36.5 Å². The number of hydrogen-bond donors (Lipinski definition) is 0. The Labute approximate surface area is 181 Å². The standard InChI is InChI=1S/C22H27N5O4/c1-16-23-10-7-20(24-16)31-19-8-11-25(12-9-19)21(28)15-26-13-14-27(22(26)29)17-3-5-18(30-2)6-4-17/h3-7,10,19H,8-9,11-15H2,1-2H3. The number of likely N-dealkylation sites (tertiary alicyclic amines) is 1. The second-order valence-electron chi connectivity index (χ2n) is 7.69. The Kier molecular flexibility index (Phi) is 6.20. The van der Waals surface area contributed by atoms with Gasteiger partial charge >= 0.3 is 6.03 Å². The van der Waals surface area contributed by atoms with Crippen LogP contribution in [0.5, 0.6) is 11.6 Å². The maximum absolute atomic E-state index is 12.8. The Morgan fingerprint density at radius 1 is 1.10 bits per heavy atom. The molecule has 0 aliphatic carbocycles. The first-order valence-corrected chi connectivity index (χ1v) is 10.5. The molecule has 3 amide bonds. The van der Waals surface area contributed by atoms with Gasteiger partial charge in [-0.3, -0.25) is 9.69 Å². The number of aryl methyl sites for hydroxylation is 1. The van der Waals surface area contributed by atoms with E-state index in [1.54, 1.807) is 29.2 Å². The van der Waals surface area contributed by atoms with Crippen LogP contribution < -0.4 is 14.4 Å². The van der Waals surface area contributed by atoms with E-state index < -0.39 is 0 Å². The largest absolute Gasteiger partial charge is 0.497 e. The Morgan fingerprint density at radius 3 is 2.52 bits per heavy atom. The molecular weight excluding hydrogens is 398 g/mol. The number of urea groups is 1. The minimum absolute atomic E-state index is 0.0253.